The third-order valence-corrected chi connectivity index (χ3v) is 7.82. The zero-order valence-corrected chi connectivity index (χ0v) is 15.4. The molecule has 4 heteroatoms. The molecule has 136 valence electrons. The van der Waals surface area contributed by atoms with E-state index in [0.717, 1.165) is 32.5 Å². The molecule has 1 unspecified atom stereocenters. The average Bonchev–Trinajstić information content (AvgIpc) is 2.88. The summed E-state index contributed by atoms with van der Waals surface area (Å²) in [6.07, 6.45) is 5.29. The molecule has 1 aromatic rings. The molecular formula is C22H26N2O2. The van der Waals surface area contributed by atoms with Crippen LogP contribution in [0.2, 0.25) is 0 Å². The van der Waals surface area contributed by atoms with Crippen molar-refractivity contribution in [2.24, 2.45) is 11.8 Å². The fraction of sp³-hybridized carbons (Fsp3) is 0.591. The molecule has 26 heavy (non-hydrogen) atoms. The maximum Gasteiger partial charge on any atom is 0.146 e. The first-order valence-corrected chi connectivity index (χ1v) is 10.1. The van der Waals surface area contributed by atoms with Crippen molar-refractivity contribution in [2.45, 2.75) is 36.8 Å². The summed E-state index contributed by atoms with van der Waals surface area (Å²) >= 11 is 0. The molecule has 1 spiro atoms. The van der Waals surface area contributed by atoms with Gasteiger partial charge in [-0.15, -0.1) is 0 Å². The molecular weight excluding hydrogens is 324 g/mol. The zero-order valence-electron chi connectivity index (χ0n) is 15.4. The number of para-hydroxylation sites is 1. The number of ketones is 1. The Bertz CT molecular complexity index is 818. The molecule has 0 N–H and O–H groups in total. The lowest BCUT2D eigenvalue weighted by Gasteiger charge is -2.54. The predicted molar refractivity (Wildman–Crippen MR) is 100 cm³/mol. The first-order valence-electron chi connectivity index (χ1n) is 10.1. The van der Waals surface area contributed by atoms with E-state index in [1.165, 1.54) is 16.8 Å². The van der Waals surface area contributed by atoms with Crippen molar-refractivity contribution in [3.8, 4) is 0 Å². The maximum absolute atomic E-state index is 13.8. The average molecular weight is 350 g/mol. The number of hydrogen-bond acceptors (Lipinski definition) is 4. The lowest BCUT2D eigenvalue weighted by molar-refractivity contribution is -0.134. The fourth-order valence-electron chi connectivity index (χ4n) is 6.81. The fourth-order valence-corrected chi connectivity index (χ4v) is 6.81. The van der Waals surface area contributed by atoms with Crippen molar-refractivity contribution in [1.82, 2.24) is 4.90 Å². The number of likely N-dealkylation sites (N-methyl/N-ethyl adjacent to an activating group) is 1. The van der Waals surface area contributed by atoms with E-state index in [0.29, 0.717) is 36.8 Å². The summed E-state index contributed by atoms with van der Waals surface area (Å²) in [5.74, 6) is 1.27. The first kappa shape index (κ1) is 15.4. The molecule has 4 nitrogen and oxygen atoms in total. The summed E-state index contributed by atoms with van der Waals surface area (Å²) in [6.45, 7) is 3.68. The minimum absolute atomic E-state index is 0.276. The molecule has 1 aromatic carbocycles. The monoisotopic (exact) mass is 350 g/mol. The van der Waals surface area contributed by atoms with Crippen molar-refractivity contribution >= 4 is 11.5 Å². The topological polar surface area (TPSA) is 32.8 Å². The number of piperidine rings is 1. The molecule has 0 amide bonds. The molecule has 4 bridgehead atoms. The van der Waals surface area contributed by atoms with Gasteiger partial charge in [0.15, 0.2) is 0 Å². The van der Waals surface area contributed by atoms with E-state index in [2.05, 4.69) is 47.2 Å². The molecule has 1 aliphatic carbocycles. The second-order valence-electron chi connectivity index (χ2n) is 8.87. The summed E-state index contributed by atoms with van der Waals surface area (Å²) in [5, 5.41) is 0. The Morgan fingerprint density at radius 3 is 3.04 bits per heavy atom. The number of Topliss-reactive ketones (excluding diaryl/α,β-unsaturated/α-hetero) is 1. The molecule has 0 aromatic heterocycles. The zero-order chi connectivity index (χ0) is 17.5. The van der Waals surface area contributed by atoms with Crippen LogP contribution < -0.4 is 4.90 Å². The lowest BCUT2D eigenvalue weighted by Crippen LogP contribution is -2.65. The van der Waals surface area contributed by atoms with Crippen molar-refractivity contribution in [2.75, 3.05) is 38.2 Å². The van der Waals surface area contributed by atoms with Crippen LogP contribution in [-0.4, -0.2) is 56.1 Å². The highest BCUT2D eigenvalue weighted by molar-refractivity contribution is 5.97. The lowest BCUT2D eigenvalue weighted by atomic mass is 9.55. The van der Waals surface area contributed by atoms with Gasteiger partial charge in [-0.3, -0.25) is 4.79 Å². The number of benzene rings is 1. The van der Waals surface area contributed by atoms with Crippen molar-refractivity contribution < 1.29 is 9.53 Å². The van der Waals surface area contributed by atoms with Crippen LogP contribution in [0.1, 0.15) is 24.8 Å². The van der Waals surface area contributed by atoms with Crippen LogP contribution in [0.15, 0.2) is 35.9 Å². The Hall–Kier alpha value is -1.65. The van der Waals surface area contributed by atoms with E-state index in [1.54, 1.807) is 0 Å². The predicted octanol–water partition coefficient (Wildman–Crippen LogP) is 2.38. The minimum atomic E-state index is -0.339. The van der Waals surface area contributed by atoms with E-state index in [4.69, 9.17) is 4.74 Å². The summed E-state index contributed by atoms with van der Waals surface area (Å²) in [5.41, 5.74) is 3.71. The SMILES string of the molecule is CN1CCC23C(=O)C[C@H]4C(=CCO[C@H]5CCN(c6ccccc62)[C@H]3[C@H]54)C1. The van der Waals surface area contributed by atoms with Crippen LogP contribution in [0.25, 0.3) is 0 Å². The summed E-state index contributed by atoms with van der Waals surface area (Å²) < 4.78 is 6.35. The normalized spacial score (nSPS) is 41.0. The van der Waals surface area contributed by atoms with Gasteiger partial charge in [-0.1, -0.05) is 29.8 Å². The Labute approximate surface area is 154 Å². The number of carbonyl (C=O) groups excluding carboxylic acids is 1. The van der Waals surface area contributed by atoms with Crippen LogP contribution in [0.5, 0.6) is 0 Å². The minimum Gasteiger partial charge on any atom is -0.374 e. The van der Waals surface area contributed by atoms with Gasteiger partial charge in [-0.25, -0.2) is 0 Å². The Morgan fingerprint density at radius 2 is 2.12 bits per heavy atom. The molecule has 7 rings (SSSR count). The number of hydrogen-bond donors (Lipinski definition) is 0. The summed E-state index contributed by atoms with van der Waals surface area (Å²) in [6, 6.07) is 8.99. The molecule has 5 atom stereocenters. The second kappa shape index (κ2) is 5.20. The number of anilines is 1. The quantitative estimate of drug-likeness (QED) is 0.673. The van der Waals surface area contributed by atoms with Crippen LogP contribution in [0.3, 0.4) is 0 Å². The number of fused-ring (bicyclic) bond motifs is 6. The van der Waals surface area contributed by atoms with Crippen LogP contribution in [0, 0.1) is 11.8 Å². The highest BCUT2D eigenvalue weighted by Crippen LogP contribution is 2.60. The largest absolute Gasteiger partial charge is 0.374 e. The number of rotatable bonds is 0. The van der Waals surface area contributed by atoms with Gasteiger partial charge in [-0.05, 0) is 44.0 Å². The van der Waals surface area contributed by atoms with Gasteiger partial charge in [0.1, 0.15) is 5.78 Å². The smallest absolute Gasteiger partial charge is 0.146 e. The number of ether oxygens (including phenoxy) is 1. The number of nitrogens with zero attached hydrogens (tertiary/aromatic N) is 2. The Kier molecular flexibility index (Phi) is 3.08. The van der Waals surface area contributed by atoms with Crippen molar-refractivity contribution in [1.29, 1.82) is 0 Å². The summed E-state index contributed by atoms with van der Waals surface area (Å²) in [4.78, 5) is 18.8. The van der Waals surface area contributed by atoms with Gasteiger partial charge in [0, 0.05) is 31.1 Å². The van der Waals surface area contributed by atoms with E-state index < -0.39 is 0 Å². The van der Waals surface area contributed by atoms with Gasteiger partial charge >= 0.3 is 0 Å². The van der Waals surface area contributed by atoms with Crippen molar-refractivity contribution in [3.05, 3.63) is 41.5 Å². The highest BCUT2D eigenvalue weighted by Gasteiger charge is 2.65. The van der Waals surface area contributed by atoms with Crippen LogP contribution in [0.4, 0.5) is 5.69 Å². The summed E-state index contributed by atoms with van der Waals surface area (Å²) in [7, 11) is 2.21. The van der Waals surface area contributed by atoms with Gasteiger partial charge in [0.25, 0.3) is 0 Å². The molecule has 0 radical (unpaired) electrons. The van der Waals surface area contributed by atoms with Crippen molar-refractivity contribution in [3.63, 3.8) is 0 Å². The van der Waals surface area contributed by atoms with E-state index in [-0.39, 0.29) is 11.5 Å². The molecule has 5 heterocycles. The van der Waals surface area contributed by atoms with Gasteiger partial charge in [-0.2, -0.15) is 0 Å². The standard InChI is InChI=1S/C22H26N2O2/c1-23-10-8-22-16-4-2-3-5-17(16)24-9-6-18-20(21(22)24)15(12-19(22)25)14(13-23)7-11-26-18/h2-5,7,15,18,20-21H,6,8-13H2,1H3/t15-,18-,20-,21-,22?/m0/s1. The van der Waals surface area contributed by atoms with E-state index >= 15 is 0 Å². The maximum atomic E-state index is 13.8. The third kappa shape index (κ3) is 1.75. The molecule has 6 aliphatic rings. The Balaban J connectivity index is 1.63. The van der Waals surface area contributed by atoms with E-state index in [9.17, 15) is 4.79 Å². The number of carbonyl (C=O) groups is 1. The second-order valence-corrected chi connectivity index (χ2v) is 8.87. The van der Waals surface area contributed by atoms with E-state index in [1.807, 2.05) is 0 Å². The molecule has 5 aliphatic heterocycles. The first-order chi connectivity index (χ1) is 12.7. The molecule has 1 saturated carbocycles. The van der Waals surface area contributed by atoms with Crippen LogP contribution in [-0.2, 0) is 14.9 Å². The van der Waals surface area contributed by atoms with Gasteiger partial charge in [0.05, 0.1) is 24.2 Å². The molecule has 4 fully saturated rings. The van der Waals surface area contributed by atoms with Crippen LogP contribution >= 0.6 is 0 Å². The van der Waals surface area contributed by atoms with Gasteiger partial charge < -0.3 is 14.5 Å². The third-order valence-electron chi connectivity index (χ3n) is 7.82. The highest BCUT2D eigenvalue weighted by atomic mass is 16.5. The van der Waals surface area contributed by atoms with Gasteiger partial charge in [0.2, 0.25) is 0 Å². The molecule has 3 saturated heterocycles. The Morgan fingerprint density at radius 1 is 1.23 bits per heavy atom.